The molecule has 0 aliphatic carbocycles. The third-order valence-corrected chi connectivity index (χ3v) is 4.29. The van der Waals surface area contributed by atoms with Gasteiger partial charge in [-0.3, -0.25) is 4.79 Å². The van der Waals surface area contributed by atoms with Crippen molar-refractivity contribution in [3.63, 3.8) is 0 Å². The van der Waals surface area contributed by atoms with Crippen LogP contribution >= 0.6 is 0 Å². The van der Waals surface area contributed by atoms with Gasteiger partial charge in [0, 0.05) is 5.56 Å². The summed E-state index contributed by atoms with van der Waals surface area (Å²) in [6, 6.07) is 1.82. The van der Waals surface area contributed by atoms with Crippen molar-refractivity contribution in [2.24, 2.45) is 0 Å². The zero-order valence-electron chi connectivity index (χ0n) is 13.7. The van der Waals surface area contributed by atoms with Crippen LogP contribution in [0.5, 0.6) is 5.75 Å². The van der Waals surface area contributed by atoms with Crippen molar-refractivity contribution in [2.45, 2.75) is 31.8 Å². The number of nitrogens with zero attached hydrogens (tertiary/aromatic N) is 1. The molecule has 0 saturated carbocycles. The maximum absolute atomic E-state index is 14.3. The first-order valence-electron chi connectivity index (χ1n) is 7.61. The van der Waals surface area contributed by atoms with Crippen molar-refractivity contribution in [3.05, 3.63) is 29.1 Å². The number of carbonyl (C=O) groups excluding carboxylic acids is 2. The smallest absolute Gasteiger partial charge is 0.545 e. The minimum absolute atomic E-state index is 0. The number of carboxylic acids is 1. The van der Waals surface area contributed by atoms with E-state index in [-0.39, 0.29) is 48.9 Å². The Labute approximate surface area is 151 Å². The summed E-state index contributed by atoms with van der Waals surface area (Å²) >= 11 is 0. The van der Waals surface area contributed by atoms with E-state index in [2.05, 4.69) is 0 Å². The van der Waals surface area contributed by atoms with Crippen molar-refractivity contribution < 1.29 is 47.4 Å². The molecule has 0 N–H and O–H groups in total. The molecule has 2 heterocycles. The van der Waals surface area contributed by atoms with Crippen molar-refractivity contribution in [2.75, 3.05) is 19.8 Å². The molecule has 2 bridgehead atoms. The summed E-state index contributed by atoms with van der Waals surface area (Å²) < 4.78 is 24.9. The van der Waals surface area contributed by atoms with Crippen LogP contribution in [0.4, 0.5) is 4.39 Å². The number of carboxylic acid groups (broad SMARTS) is 1. The molecule has 2 fully saturated rings. The van der Waals surface area contributed by atoms with Gasteiger partial charge in [0.2, 0.25) is 0 Å². The number of benzene rings is 1. The third-order valence-electron chi connectivity index (χ3n) is 4.29. The van der Waals surface area contributed by atoms with Crippen LogP contribution in [0.3, 0.4) is 0 Å². The molecule has 1 amide bonds. The predicted molar refractivity (Wildman–Crippen MR) is 75.7 cm³/mol. The minimum atomic E-state index is -1.54. The second kappa shape index (κ2) is 7.56. The number of amides is 1. The van der Waals surface area contributed by atoms with Crippen molar-refractivity contribution in [1.82, 2.24) is 4.90 Å². The molecule has 0 spiro atoms. The molecule has 6 nitrogen and oxygen atoms in total. The summed E-state index contributed by atoms with van der Waals surface area (Å²) in [4.78, 5) is 25.5. The average Bonchev–Trinajstić information content (AvgIpc) is 2.77. The monoisotopic (exact) mass is 329 g/mol. The molecular weight excluding hydrogens is 312 g/mol. The Morgan fingerprint density at radius 1 is 1.29 bits per heavy atom. The summed E-state index contributed by atoms with van der Waals surface area (Å²) in [6.07, 6.45) is 1.65. The summed E-state index contributed by atoms with van der Waals surface area (Å²) in [5.41, 5.74) is -0.580. The molecule has 24 heavy (non-hydrogen) atoms. The Hall–Kier alpha value is -1.55. The maximum atomic E-state index is 14.3. The topological polar surface area (TPSA) is 78.9 Å². The quantitative estimate of drug-likeness (QED) is 0.575. The number of rotatable bonds is 4. The summed E-state index contributed by atoms with van der Waals surface area (Å²) in [5.74, 6) is -2.94. The van der Waals surface area contributed by atoms with Gasteiger partial charge in [0.05, 0.1) is 43.4 Å². The second-order valence-corrected chi connectivity index (χ2v) is 5.68. The van der Waals surface area contributed by atoms with Gasteiger partial charge in [-0.05, 0) is 31.9 Å². The van der Waals surface area contributed by atoms with Crippen LogP contribution in [0.25, 0.3) is 0 Å². The first-order chi connectivity index (χ1) is 11.0. The van der Waals surface area contributed by atoms with E-state index in [4.69, 9.17) is 9.47 Å². The summed E-state index contributed by atoms with van der Waals surface area (Å²) in [7, 11) is 0. The number of hydrogen-bond acceptors (Lipinski definition) is 5. The van der Waals surface area contributed by atoms with Crippen LogP contribution in [-0.2, 0) is 4.74 Å². The molecule has 3 rings (SSSR count). The molecule has 0 aromatic heterocycles. The van der Waals surface area contributed by atoms with E-state index < -0.39 is 23.3 Å². The third kappa shape index (κ3) is 3.29. The zero-order chi connectivity index (χ0) is 16.6. The SMILES string of the molecule is CCOc1cc(C(=O)N2C3CCC2COC3)c(F)cc1C(=O)[O-].[Li+]. The minimum Gasteiger partial charge on any atom is -0.545 e. The Balaban J connectivity index is 0.00000208. The van der Waals surface area contributed by atoms with Crippen molar-refractivity contribution in [1.29, 1.82) is 0 Å². The number of hydrogen-bond donors (Lipinski definition) is 0. The van der Waals surface area contributed by atoms with Crippen LogP contribution in [0.2, 0.25) is 0 Å². The van der Waals surface area contributed by atoms with Gasteiger partial charge >= 0.3 is 18.9 Å². The van der Waals surface area contributed by atoms with E-state index >= 15 is 0 Å². The van der Waals surface area contributed by atoms with Crippen molar-refractivity contribution in [3.8, 4) is 5.75 Å². The molecule has 2 saturated heterocycles. The van der Waals surface area contributed by atoms with Gasteiger partial charge in [0.1, 0.15) is 11.6 Å². The zero-order valence-corrected chi connectivity index (χ0v) is 13.7. The van der Waals surface area contributed by atoms with Crippen LogP contribution in [-0.4, -0.2) is 48.7 Å². The van der Waals surface area contributed by atoms with Gasteiger partial charge in [0.15, 0.2) is 0 Å². The second-order valence-electron chi connectivity index (χ2n) is 5.68. The van der Waals surface area contributed by atoms with Gasteiger partial charge in [-0.25, -0.2) is 4.39 Å². The van der Waals surface area contributed by atoms with E-state index in [1.165, 1.54) is 0 Å². The number of halogens is 1. The molecule has 8 heteroatoms. The predicted octanol–water partition coefficient (Wildman–Crippen LogP) is -2.40. The van der Waals surface area contributed by atoms with E-state index in [0.29, 0.717) is 13.2 Å². The van der Waals surface area contributed by atoms with Crippen LogP contribution in [0.1, 0.15) is 40.5 Å². The first kappa shape index (κ1) is 18.8. The molecule has 2 atom stereocenters. The van der Waals surface area contributed by atoms with E-state index in [1.54, 1.807) is 11.8 Å². The number of aromatic carboxylic acids is 1. The number of carbonyl (C=O) groups is 2. The summed E-state index contributed by atoms with van der Waals surface area (Å²) in [6.45, 7) is 2.76. The van der Waals surface area contributed by atoms with Gasteiger partial charge < -0.3 is 24.3 Å². The van der Waals surface area contributed by atoms with Crippen molar-refractivity contribution >= 4 is 11.9 Å². The maximum Gasteiger partial charge on any atom is 1.00 e. The normalized spacial score (nSPS) is 22.0. The standard InChI is InChI=1S/C16H18FNO5.Li/c1-2-23-14-6-11(13(17)5-12(14)16(20)21)15(19)18-9-3-4-10(18)8-22-7-9;/h5-6,9-10H,2-4,7-8H2,1H3,(H,20,21);/q;+1/p-1. The Bertz CT molecular complexity index is 638. The van der Waals surface area contributed by atoms with E-state index in [0.717, 1.165) is 25.0 Å². The average molecular weight is 329 g/mol. The van der Waals surface area contributed by atoms with Crippen LogP contribution < -0.4 is 28.7 Å². The Morgan fingerprint density at radius 3 is 2.46 bits per heavy atom. The molecule has 2 aliphatic rings. The van der Waals surface area contributed by atoms with Gasteiger partial charge in [-0.15, -0.1) is 0 Å². The largest absolute Gasteiger partial charge is 1.00 e. The molecule has 1 aromatic carbocycles. The molecule has 0 radical (unpaired) electrons. The van der Waals surface area contributed by atoms with E-state index in [1.807, 2.05) is 0 Å². The van der Waals surface area contributed by atoms with Gasteiger partial charge in [-0.1, -0.05) is 0 Å². The molecule has 2 unspecified atom stereocenters. The molecular formula is C16H17FLiNO5. The fourth-order valence-corrected chi connectivity index (χ4v) is 3.25. The Morgan fingerprint density at radius 2 is 1.92 bits per heavy atom. The number of ether oxygens (including phenoxy) is 2. The summed E-state index contributed by atoms with van der Waals surface area (Å²) in [5, 5.41) is 11.1. The number of morpholine rings is 1. The van der Waals surface area contributed by atoms with Gasteiger partial charge in [-0.2, -0.15) is 0 Å². The Kier molecular flexibility index (Phi) is 5.91. The van der Waals surface area contributed by atoms with Gasteiger partial charge in [0.25, 0.3) is 5.91 Å². The number of fused-ring (bicyclic) bond motifs is 2. The van der Waals surface area contributed by atoms with E-state index in [9.17, 15) is 19.1 Å². The first-order valence-corrected chi connectivity index (χ1v) is 7.61. The fraction of sp³-hybridized carbons (Fsp3) is 0.500. The van der Waals surface area contributed by atoms with Crippen LogP contribution in [0, 0.1) is 5.82 Å². The molecule has 1 aromatic rings. The molecule has 2 aliphatic heterocycles. The van der Waals surface area contributed by atoms with Crippen LogP contribution in [0.15, 0.2) is 12.1 Å². The fourth-order valence-electron chi connectivity index (χ4n) is 3.25. The molecule has 124 valence electrons.